The zero-order chi connectivity index (χ0) is 26.4. The fourth-order valence-corrected chi connectivity index (χ4v) is 4.63. The van der Waals surface area contributed by atoms with Gasteiger partial charge in [0.25, 0.3) is 0 Å². The summed E-state index contributed by atoms with van der Waals surface area (Å²) in [5, 5.41) is 32.9. The molecule has 0 radical (unpaired) electrons. The van der Waals surface area contributed by atoms with Crippen molar-refractivity contribution < 1.29 is 14.7 Å². The van der Waals surface area contributed by atoms with Crippen molar-refractivity contribution in [2.75, 3.05) is 0 Å². The lowest BCUT2D eigenvalue weighted by molar-refractivity contribution is -0.126. The predicted molar refractivity (Wildman–Crippen MR) is 138 cm³/mol. The van der Waals surface area contributed by atoms with Crippen LogP contribution >= 0.6 is 0 Å². The van der Waals surface area contributed by atoms with E-state index in [0.717, 1.165) is 36.8 Å². The van der Waals surface area contributed by atoms with Gasteiger partial charge in [0.2, 0.25) is 11.8 Å². The van der Waals surface area contributed by atoms with Gasteiger partial charge in [-0.25, -0.2) is 0 Å². The third-order valence-corrected chi connectivity index (χ3v) is 7.09. The number of aliphatic hydroxyl groups excluding tert-OH is 1. The Kier molecular flexibility index (Phi) is 11.1. The average Bonchev–Trinajstić information content (AvgIpc) is 2.90. The van der Waals surface area contributed by atoms with Crippen molar-refractivity contribution in [3.05, 3.63) is 71.8 Å². The Morgan fingerprint density at radius 3 is 1.44 bits per heavy atom. The largest absolute Gasteiger partial charge is 0.393 e. The van der Waals surface area contributed by atoms with Crippen LogP contribution < -0.4 is 10.6 Å². The van der Waals surface area contributed by atoms with Crippen LogP contribution in [-0.4, -0.2) is 23.0 Å². The van der Waals surface area contributed by atoms with Gasteiger partial charge in [0.05, 0.1) is 16.9 Å². The highest BCUT2D eigenvalue weighted by Crippen LogP contribution is 2.32. The Balaban J connectivity index is 1.82. The van der Waals surface area contributed by atoms with Crippen molar-refractivity contribution in [2.45, 2.75) is 82.1 Å². The summed E-state index contributed by atoms with van der Waals surface area (Å²) in [5.41, 5.74) is 0.0992. The van der Waals surface area contributed by atoms with Crippen LogP contribution in [0.1, 0.15) is 76.3 Å². The summed E-state index contributed by atoms with van der Waals surface area (Å²) in [4.78, 5) is 25.2. The first-order valence-corrected chi connectivity index (χ1v) is 12.5. The molecule has 2 rings (SSSR count). The number of amides is 2. The molecule has 36 heavy (non-hydrogen) atoms. The van der Waals surface area contributed by atoms with Crippen molar-refractivity contribution in [3.63, 3.8) is 0 Å². The van der Waals surface area contributed by atoms with E-state index in [-0.39, 0.29) is 11.8 Å². The fraction of sp³-hybridized carbons (Fsp3) is 0.448. The molecule has 2 amide bonds. The number of rotatable bonds is 14. The number of benzene rings is 2. The van der Waals surface area contributed by atoms with E-state index in [2.05, 4.69) is 10.6 Å². The molecule has 0 spiro atoms. The van der Waals surface area contributed by atoms with E-state index in [4.69, 9.17) is 10.5 Å². The first-order chi connectivity index (χ1) is 17.3. The molecule has 7 heteroatoms. The molecule has 2 aromatic rings. The number of unbranched alkanes of at least 4 members (excludes halogenated alkanes) is 2. The van der Waals surface area contributed by atoms with Crippen LogP contribution in [0.5, 0.6) is 0 Å². The normalized spacial score (nSPS) is 14.8. The van der Waals surface area contributed by atoms with Crippen molar-refractivity contribution in [2.24, 2.45) is 0 Å². The molecule has 190 valence electrons. The molecule has 0 aliphatic carbocycles. The fourth-order valence-electron chi connectivity index (χ4n) is 4.63. The summed E-state index contributed by atoms with van der Waals surface area (Å²) in [6, 6.07) is 18.9. The second kappa shape index (κ2) is 14.0. The van der Waals surface area contributed by atoms with E-state index in [1.807, 2.05) is 74.5 Å². The lowest BCUT2D eigenvalue weighted by atomic mass is 9.76. The van der Waals surface area contributed by atoms with Gasteiger partial charge in [0.1, 0.15) is 0 Å². The highest BCUT2D eigenvalue weighted by molar-refractivity contribution is 5.89. The van der Waals surface area contributed by atoms with Gasteiger partial charge in [-0.15, -0.1) is 0 Å². The van der Waals surface area contributed by atoms with Crippen molar-refractivity contribution in [1.29, 1.82) is 10.5 Å². The third kappa shape index (κ3) is 7.66. The van der Waals surface area contributed by atoms with Crippen LogP contribution in [0.25, 0.3) is 0 Å². The highest BCUT2D eigenvalue weighted by atomic mass is 16.3. The standard InChI is InChI=1S/C29H36N4O3/c1-28(26(35)32-21-30,23-13-5-3-6-14-23)19-11-9-17-25(34)18-10-12-20-29(2,27(36)33-22-31)24-15-7-4-8-16-24/h3-8,13-16,25,34H,9-12,17-20H2,1-2H3,(H,32,35)(H,33,36). The second-order valence-corrected chi connectivity index (χ2v) is 9.67. The topological polar surface area (TPSA) is 126 Å². The Labute approximate surface area is 214 Å². The minimum Gasteiger partial charge on any atom is -0.393 e. The van der Waals surface area contributed by atoms with Crippen LogP contribution in [0.15, 0.2) is 60.7 Å². The minimum absolute atomic E-state index is 0.321. The summed E-state index contributed by atoms with van der Waals surface area (Å²) in [6.45, 7) is 3.69. The molecule has 0 aliphatic rings. The number of hydrogen-bond acceptors (Lipinski definition) is 5. The van der Waals surface area contributed by atoms with Crippen LogP contribution in [0.3, 0.4) is 0 Å². The Morgan fingerprint density at radius 2 is 1.11 bits per heavy atom. The molecule has 0 aliphatic heterocycles. The van der Waals surface area contributed by atoms with E-state index in [1.54, 1.807) is 12.4 Å². The smallest absolute Gasteiger partial charge is 0.243 e. The van der Waals surface area contributed by atoms with Gasteiger partial charge in [-0.1, -0.05) is 86.3 Å². The maximum absolute atomic E-state index is 12.6. The van der Waals surface area contributed by atoms with Gasteiger partial charge >= 0.3 is 0 Å². The van der Waals surface area contributed by atoms with E-state index in [0.29, 0.717) is 25.7 Å². The number of hydrogen-bond donors (Lipinski definition) is 3. The minimum atomic E-state index is -0.812. The van der Waals surface area contributed by atoms with Gasteiger partial charge < -0.3 is 5.11 Å². The molecule has 2 unspecified atom stereocenters. The SMILES string of the molecule is CC(CCCCC(O)CCCCC(C)(C(=O)NC#N)c1ccccc1)(C(=O)NC#N)c1ccccc1. The van der Waals surface area contributed by atoms with Gasteiger partial charge in [-0.2, -0.15) is 10.5 Å². The maximum atomic E-state index is 12.6. The number of aliphatic hydroxyl groups is 1. The van der Waals surface area contributed by atoms with Crippen LogP contribution in [0, 0.1) is 22.9 Å². The van der Waals surface area contributed by atoms with Gasteiger partial charge in [0, 0.05) is 0 Å². The van der Waals surface area contributed by atoms with Crippen molar-refractivity contribution >= 4 is 11.8 Å². The molecular formula is C29H36N4O3. The summed E-state index contributed by atoms with van der Waals surface area (Å²) < 4.78 is 0. The maximum Gasteiger partial charge on any atom is 0.243 e. The molecule has 3 N–H and O–H groups in total. The molecule has 0 bridgehead atoms. The molecular weight excluding hydrogens is 452 g/mol. The van der Waals surface area contributed by atoms with Crippen LogP contribution in [0.2, 0.25) is 0 Å². The summed E-state index contributed by atoms with van der Waals surface area (Å²) >= 11 is 0. The number of nitriles is 2. The molecule has 0 saturated heterocycles. The lowest BCUT2D eigenvalue weighted by Crippen LogP contribution is -2.40. The molecule has 0 aromatic heterocycles. The molecule has 0 heterocycles. The second-order valence-electron chi connectivity index (χ2n) is 9.67. The van der Waals surface area contributed by atoms with E-state index >= 15 is 0 Å². The van der Waals surface area contributed by atoms with Gasteiger partial charge in [0.15, 0.2) is 12.4 Å². The summed E-state index contributed by atoms with van der Waals surface area (Å²) in [5.74, 6) is -0.641. The summed E-state index contributed by atoms with van der Waals surface area (Å²) in [7, 11) is 0. The Bertz CT molecular complexity index is 976. The third-order valence-electron chi connectivity index (χ3n) is 7.09. The van der Waals surface area contributed by atoms with Crippen molar-refractivity contribution in [1.82, 2.24) is 10.6 Å². The lowest BCUT2D eigenvalue weighted by Gasteiger charge is -2.28. The summed E-state index contributed by atoms with van der Waals surface area (Å²) in [6.07, 6.45) is 8.38. The van der Waals surface area contributed by atoms with Crippen molar-refractivity contribution in [3.8, 4) is 12.4 Å². The average molecular weight is 489 g/mol. The first kappa shape index (κ1) is 28.6. The number of carbonyl (C=O) groups is 2. The molecule has 7 nitrogen and oxygen atoms in total. The predicted octanol–water partition coefficient (Wildman–Crippen LogP) is 4.58. The monoisotopic (exact) mass is 488 g/mol. The number of nitrogens with one attached hydrogen (secondary N) is 2. The number of carbonyl (C=O) groups excluding carboxylic acids is 2. The zero-order valence-electron chi connectivity index (χ0n) is 21.2. The van der Waals surface area contributed by atoms with Gasteiger partial charge in [-0.3, -0.25) is 20.2 Å². The molecule has 2 atom stereocenters. The Hall–Kier alpha value is -3.68. The van der Waals surface area contributed by atoms with Crippen LogP contribution in [-0.2, 0) is 20.4 Å². The zero-order valence-corrected chi connectivity index (χ0v) is 21.2. The first-order valence-electron chi connectivity index (χ1n) is 12.5. The number of nitrogens with zero attached hydrogens (tertiary/aromatic N) is 2. The van der Waals surface area contributed by atoms with E-state index < -0.39 is 16.9 Å². The highest BCUT2D eigenvalue weighted by Gasteiger charge is 2.35. The van der Waals surface area contributed by atoms with Gasteiger partial charge in [-0.05, 0) is 50.7 Å². The molecule has 0 saturated carbocycles. The Morgan fingerprint density at radius 1 is 0.750 bits per heavy atom. The van der Waals surface area contributed by atoms with E-state index in [1.165, 1.54) is 0 Å². The van der Waals surface area contributed by atoms with Crippen LogP contribution in [0.4, 0.5) is 0 Å². The van der Waals surface area contributed by atoms with E-state index in [9.17, 15) is 14.7 Å². The molecule has 0 fully saturated rings. The molecule has 2 aromatic carbocycles. The quantitative estimate of drug-likeness (QED) is 0.204.